The Morgan fingerprint density at radius 2 is 2.06 bits per heavy atom. The van der Waals surface area contributed by atoms with Crippen LogP contribution in [0.2, 0.25) is 0 Å². The summed E-state index contributed by atoms with van der Waals surface area (Å²) in [6.07, 6.45) is 2.30. The van der Waals surface area contributed by atoms with E-state index < -0.39 is 6.10 Å². The third-order valence-electron chi connectivity index (χ3n) is 2.63. The highest BCUT2D eigenvalue weighted by atomic mass is 19.1. The van der Waals surface area contributed by atoms with Crippen molar-refractivity contribution in [1.29, 1.82) is 0 Å². The molecule has 0 spiro atoms. The van der Waals surface area contributed by atoms with Gasteiger partial charge in [-0.05, 0) is 42.7 Å². The van der Waals surface area contributed by atoms with Crippen LogP contribution in [0.15, 0.2) is 48.7 Å². The Hall–Kier alpha value is -1.74. The number of halogens is 1. The van der Waals surface area contributed by atoms with Crippen molar-refractivity contribution in [2.45, 2.75) is 18.9 Å². The lowest BCUT2D eigenvalue weighted by Gasteiger charge is -2.10. The van der Waals surface area contributed by atoms with E-state index in [0.717, 1.165) is 5.69 Å². The second-order valence-electron chi connectivity index (χ2n) is 3.93. The molecule has 17 heavy (non-hydrogen) atoms. The van der Waals surface area contributed by atoms with E-state index in [4.69, 9.17) is 0 Å². The summed E-state index contributed by atoms with van der Waals surface area (Å²) in [6.45, 7) is 0. The second-order valence-corrected chi connectivity index (χ2v) is 3.93. The summed E-state index contributed by atoms with van der Waals surface area (Å²) in [7, 11) is 0. The predicted molar refractivity (Wildman–Crippen MR) is 63.9 cm³/mol. The molecular weight excluding hydrogens is 217 g/mol. The number of aliphatic hydroxyl groups is 1. The minimum Gasteiger partial charge on any atom is -0.388 e. The molecule has 0 saturated heterocycles. The maximum absolute atomic E-state index is 13.0. The highest BCUT2D eigenvalue weighted by molar-refractivity contribution is 5.19. The van der Waals surface area contributed by atoms with Gasteiger partial charge in [0.2, 0.25) is 0 Å². The first-order valence-corrected chi connectivity index (χ1v) is 5.59. The summed E-state index contributed by atoms with van der Waals surface area (Å²) in [5, 5.41) is 9.91. The Kier molecular flexibility index (Phi) is 3.83. The molecule has 0 saturated carbocycles. The summed E-state index contributed by atoms with van der Waals surface area (Å²) in [4.78, 5) is 4.18. The number of benzene rings is 1. The van der Waals surface area contributed by atoms with E-state index in [1.165, 1.54) is 12.1 Å². The molecule has 0 fully saturated rings. The smallest absolute Gasteiger partial charge is 0.123 e. The van der Waals surface area contributed by atoms with Crippen LogP contribution in [0.5, 0.6) is 0 Å². The van der Waals surface area contributed by atoms with Gasteiger partial charge in [0.25, 0.3) is 0 Å². The molecular formula is C14H14FNO. The summed E-state index contributed by atoms with van der Waals surface area (Å²) in [5.41, 5.74) is 1.55. The second kappa shape index (κ2) is 5.55. The summed E-state index contributed by atoms with van der Waals surface area (Å²) in [6, 6.07) is 11.8. The van der Waals surface area contributed by atoms with Crippen LogP contribution in [-0.4, -0.2) is 10.1 Å². The normalized spacial score (nSPS) is 12.4. The molecule has 0 aliphatic rings. The van der Waals surface area contributed by atoms with Gasteiger partial charge >= 0.3 is 0 Å². The van der Waals surface area contributed by atoms with Gasteiger partial charge in [0.15, 0.2) is 0 Å². The van der Waals surface area contributed by atoms with E-state index in [1.807, 2.05) is 18.2 Å². The van der Waals surface area contributed by atoms with Gasteiger partial charge in [-0.3, -0.25) is 4.98 Å². The number of pyridine rings is 1. The molecule has 2 aromatic rings. The average Bonchev–Trinajstić information content (AvgIpc) is 2.37. The fraction of sp³-hybridized carbons (Fsp3) is 0.214. The van der Waals surface area contributed by atoms with E-state index in [1.54, 1.807) is 18.3 Å². The molecule has 0 bridgehead atoms. The molecule has 0 aliphatic heterocycles. The molecule has 1 aromatic heterocycles. The maximum atomic E-state index is 13.0. The van der Waals surface area contributed by atoms with Crippen LogP contribution in [0.3, 0.4) is 0 Å². The van der Waals surface area contributed by atoms with Crippen LogP contribution in [0, 0.1) is 5.82 Å². The van der Waals surface area contributed by atoms with Gasteiger partial charge in [0.1, 0.15) is 5.82 Å². The topological polar surface area (TPSA) is 33.1 Å². The number of aromatic nitrogens is 1. The fourth-order valence-electron chi connectivity index (χ4n) is 1.71. The first-order valence-electron chi connectivity index (χ1n) is 5.59. The van der Waals surface area contributed by atoms with Gasteiger partial charge in [0.05, 0.1) is 6.10 Å². The van der Waals surface area contributed by atoms with E-state index in [0.29, 0.717) is 18.4 Å². The number of rotatable bonds is 4. The number of nitrogens with zero attached hydrogens (tertiary/aromatic N) is 1. The van der Waals surface area contributed by atoms with E-state index in [-0.39, 0.29) is 5.82 Å². The van der Waals surface area contributed by atoms with Gasteiger partial charge < -0.3 is 5.11 Å². The van der Waals surface area contributed by atoms with Crippen LogP contribution >= 0.6 is 0 Å². The molecule has 1 aromatic carbocycles. The molecule has 3 heteroatoms. The van der Waals surface area contributed by atoms with Crippen molar-refractivity contribution < 1.29 is 9.50 Å². The molecule has 2 rings (SSSR count). The van der Waals surface area contributed by atoms with Crippen LogP contribution in [0.1, 0.15) is 23.8 Å². The van der Waals surface area contributed by atoms with Crippen molar-refractivity contribution in [3.63, 3.8) is 0 Å². The highest BCUT2D eigenvalue weighted by Crippen LogP contribution is 2.19. The highest BCUT2D eigenvalue weighted by Gasteiger charge is 2.08. The summed E-state index contributed by atoms with van der Waals surface area (Å²) < 4.78 is 13.0. The molecule has 0 amide bonds. The van der Waals surface area contributed by atoms with Crippen LogP contribution < -0.4 is 0 Å². The van der Waals surface area contributed by atoms with Gasteiger partial charge in [-0.1, -0.05) is 18.2 Å². The van der Waals surface area contributed by atoms with E-state index >= 15 is 0 Å². The van der Waals surface area contributed by atoms with Crippen LogP contribution in [0.4, 0.5) is 4.39 Å². The number of aryl methyl sites for hydroxylation is 1. The maximum Gasteiger partial charge on any atom is 0.123 e. The van der Waals surface area contributed by atoms with Crippen molar-refractivity contribution in [3.8, 4) is 0 Å². The first-order chi connectivity index (χ1) is 8.25. The molecule has 88 valence electrons. The van der Waals surface area contributed by atoms with E-state index in [2.05, 4.69) is 4.98 Å². The van der Waals surface area contributed by atoms with Crippen molar-refractivity contribution in [2.75, 3.05) is 0 Å². The molecule has 1 unspecified atom stereocenters. The minimum absolute atomic E-state index is 0.320. The largest absolute Gasteiger partial charge is 0.388 e. The Bertz CT molecular complexity index is 473. The Morgan fingerprint density at radius 3 is 2.76 bits per heavy atom. The number of hydrogen-bond donors (Lipinski definition) is 1. The third-order valence-corrected chi connectivity index (χ3v) is 2.63. The van der Waals surface area contributed by atoms with Crippen LogP contribution in [0.25, 0.3) is 0 Å². The van der Waals surface area contributed by atoms with Crippen molar-refractivity contribution in [1.82, 2.24) is 4.98 Å². The number of aliphatic hydroxyl groups excluding tert-OH is 1. The Morgan fingerprint density at radius 1 is 1.18 bits per heavy atom. The third kappa shape index (κ3) is 3.36. The van der Waals surface area contributed by atoms with Crippen molar-refractivity contribution in [2.24, 2.45) is 0 Å². The van der Waals surface area contributed by atoms with Crippen LogP contribution in [-0.2, 0) is 6.42 Å². The summed E-state index contributed by atoms with van der Waals surface area (Å²) in [5.74, 6) is -0.320. The molecule has 1 heterocycles. The van der Waals surface area contributed by atoms with Gasteiger partial charge in [0, 0.05) is 11.9 Å². The SMILES string of the molecule is OC(CCc1ccccn1)c1cccc(F)c1. The monoisotopic (exact) mass is 231 g/mol. The first kappa shape index (κ1) is 11.7. The molecule has 0 radical (unpaired) electrons. The fourth-order valence-corrected chi connectivity index (χ4v) is 1.71. The van der Waals surface area contributed by atoms with Crippen molar-refractivity contribution >= 4 is 0 Å². The summed E-state index contributed by atoms with van der Waals surface area (Å²) >= 11 is 0. The number of hydrogen-bond acceptors (Lipinski definition) is 2. The Labute approximate surface area is 99.8 Å². The minimum atomic E-state index is -0.646. The lowest BCUT2D eigenvalue weighted by molar-refractivity contribution is 0.167. The molecule has 1 N–H and O–H groups in total. The standard InChI is InChI=1S/C14H14FNO/c15-12-5-3-4-11(10-12)14(17)8-7-13-6-1-2-9-16-13/h1-6,9-10,14,17H,7-8H2. The zero-order chi connectivity index (χ0) is 12.1. The quantitative estimate of drug-likeness (QED) is 0.877. The zero-order valence-electron chi connectivity index (χ0n) is 9.38. The molecule has 0 aliphatic carbocycles. The van der Waals surface area contributed by atoms with Gasteiger partial charge in [-0.15, -0.1) is 0 Å². The molecule has 2 nitrogen and oxygen atoms in total. The predicted octanol–water partition coefficient (Wildman–Crippen LogP) is 2.89. The Balaban J connectivity index is 1.96. The van der Waals surface area contributed by atoms with Crippen molar-refractivity contribution in [3.05, 3.63) is 65.7 Å². The molecule has 1 atom stereocenters. The average molecular weight is 231 g/mol. The lowest BCUT2D eigenvalue weighted by Crippen LogP contribution is -2.01. The lowest BCUT2D eigenvalue weighted by atomic mass is 10.0. The zero-order valence-corrected chi connectivity index (χ0v) is 9.38. The van der Waals surface area contributed by atoms with E-state index in [9.17, 15) is 9.50 Å². The van der Waals surface area contributed by atoms with Gasteiger partial charge in [-0.25, -0.2) is 4.39 Å². The van der Waals surface area contributed by atoms with Gasteiger partial charge in [-0.2, -0.15) is 0 Å².